The topological polar surface area (TPSA) is 26.0 Å². The summed E-state index contributed by atoms with van der Waals surface area (Å²) >= 11 is 0. The van der Waals surface area contributed by atoms with Gasteiger partial charge >= 0.3 is 0 Å². The zero-order valence-corrected chi connectivity index (χ0v) is 7.66. The standard InChI is InChI=1S/C8H8.C3H9N/c1-2-8-6-4-3-5-7-8;1-2-3-4/h2-7H,1H2;2-4H2,1H3. The van der Waals surface area contributed by atoms with Crippen molar-refractivity contribution in [3.05, 3.63) is 42.5 Å². The van der Waals surface area contributed by atoms with E-state index in [-0.39, 0.29) is 0 Å². The Morgan fingerprint density at radius 3 is 2.08 bits per heavy atom. The van der Waals surface area contributed by atoms with Gasteiger partial charge in [0.2, 0.25) is 0 Å². The van der Waals surface area contributed by atoms with Crippen molar-refractivity contribution in [1.82, 2.24) is 0 Å². The van der Waals surface area contributed by atoms with E-state index < -0.39 is 0 Å². The molecule has 66 valence electrons. The summed E-state index contributed by atoms with van der Waals surface area (Å²) in [7, 11) is 0. The minimum atomic E-state index is 0.819. The molecule has 0 heterocycles. The van der Waals surface area contributed by atoms with Gasteiger partial charge in [-0.05, 0) is 18.5 Å². The second-order valence-corrected chi connectivity index (χ2v) is 2.40. The van der Waals surface area contributed by atoms with Crippen LogP contribution in [0.2, 0.25) is 0 Å². The smallest absolute Gasteiger partial charge is 0.00799 e. The molecule has 0 spiro atoms. The largest absolute Gasteiger partial charge is 0.330 e. The van der Waals surface area contributed by atoms with Crippen LogP contribution in [0.5, 0.6) is 0 Å². The summed E-state index contributed by atoms with van der Waals surface area (Å²) in [5.41, 5.74) is 6.20. The highest BCUT2D eigenvalue weighted by molar-refractivity contribution is 5.45. The lowest BCUT2D eigenvalue weighted by atomic mass is 10.2. The Kier molecular flexibility index (Phi) is 7.30. The SMILES string of the molecule is C=Cc1ccccc1.CCCN. The molecule has 0 unspecified atom stereocenters. The van der Waals surface area contributed by atoms with E-state index in [1.165, 1.54) is 5.56 Å². The molecule has 0 fully saturated rings. The van der Waals surface area contributed by atoms with Gasteiger partial charge in [-0.3, -0.25) is 0 Å². The van der Waals surface area contributed by atoms with Gasteiger partial charge in [0.05, 0.1) is 0 Å². The van der Waals surface area contributed by atoms with Crippen LogP contribution in [-0.4, -0.2) is 6.54 Å². The summed E-state index contributed by atoms with van der Waals surface area (Å²) in [6.45, 7) is 6.51. The summed E-state index contributed by atoms with van der Waals surface area (Å²) in [5, 5.41) is 0. The van der Waals surface area contributed by atoms with Crippen molar-refractivity contribution < 1.29 is 0 Å². The molecule has 0 aromatic heterocycles. The Morgan fingerprint density at radius 1 is 1.33 bits per heavy atom. The van der Waals surface area contributed by atoms with Crippen LogP contribution in [0.15, 0.2) is 36.9 Å². The van der Waals surface area contributed by atoms with Gasteiger partial charge in [-0.15, -0.1) is 0 Å². The van der Waals surface area contributed by atoms with Crippen LogP contribution >= 0.6 is 0 Å². The Morgan fingerprint density at radius 2 is 1.83 bits per heavy atom. The van der Waals surface area contributed by atoms with E-state index in [0.717, 1.165) is 13.0 Å². The fourth-order valence-corrected chi connectivity index (χ4v) is 0.589. The van der Waals surface area contributed by atoms with Crippen molar-refractivity contribution in [2.45, 2.75) is 13.3 Å². The van der Waals surface area contributed by atoms with E-state index >= 15 is 0 Å². The minimum Gasteiger partial charge on any atom is -0.330 e. The maximum Gasteiger partial charge on any atom is -0.00799 e. The van der Waals surface area contributed by atoms with E-state index in [0.29, 0.717) is 0 Å². The molecule has 12 heavy (non-hydrogen) atoms. The fourth-order valence-electron chi connectivity index (χ4n) is 0.589. The van der Waals surface area contributed by atoms with Crippen molar-refractivity contribution in [2.75, 3.05) is 6.54 Å². The fraction of sp³-hybridized carbons (Fsp3) is 0.273. The van der Waals surface area contributed by atoms with Crippen molar-refractivity contribution in [1.29, 1.82) is 0 Å². The summed E-state index contributed by atoms with van der Waals surface area (Å²) in [4.78, 5) is 0. The molecule has 0 amide bonds. The monoisotopic (exact) mass is 163 g/mol. The summed E-state index contributed by atoms with van der Waals surface area (Å²) in [6, 6.07) is 10.0. The number of nitrogens with two attached hydrogens (primary N) is 1. The first-order valence-corrected chi connectivity index (χ1v) is 4.22. The highest BCUT2D eigenvalue weighted by Gasteiger charge is 1.75. The van der Waals surface area contributed by atoms with Crippen molar-refractivity contribution in [3.8, 4) is 0 Å². The second-order valence-electron chi connectivity index (χ2n) is 2.40. The molecule has 0 aliphatic heterocycles. The molecule has 1 aromatic carbocycles. The van der Waals surface area contributed by atoms with Crippen LogP contribution in [-0.2, 0) is 0 Å². The predicted molar refractivity (Wildman–Crippen MR) is 55.9 cm³/mol. The van der Waals surface area contributed by atoms with Gasteiger partial charge in [0.1, 0.15) is 0 Å². The second kappa shape index (κ2) is 8.02. The predicted octanol–water partition coefficient (Wildman–Crippen LogP) is 2.68. The molecule has 1 aromatic rings. The van der Waals surface area contributed by atoms with Crippen LogP contribution in [0.25, 0.3) is 6.08 Å². The van der Waals surface area contributed by atoms with E-state index in [2.05, 4.69) is 13.5 Å². The van der Waals surface area contributed by atoms with Gasteiger partial charge in [0.15, 0.2) is 0 Å². The van der Waals surface area contributed by atoms with Gasteiger partial charge in [-0.1, -0.05) is 49.9 Å². The zero-order valence-electron chi connectivity index (χ0n) is 7.66. The van der Waals surface area contributed by atoms with Crippen LogP contribution < -0.4 is 5.73 Å². The molecule has 1 nitrogen and oxygen atoms in total. The number of benzene rings is 1. The van der Waals surface area contributed by atoms with E-state index in [4.69, 9.17) is 5.73 Å². The van der Waals surface area contributed by atoms with Gasteiger partial charge in [0.25, 0.3) is 0 Å². The molecular formula is C11H17N. The van der Waals surface area contributed by atoms with Crippen molar-refractivity contribution in [2.24, 2.45) is 5.73 Å². The molecule has 0 atom stereocenters. The maximum absolute atomic E-state index is 5.03. The summed E-state index contributed by atoms with van der Waals surface area (Å²) < 4.78 is 0. The first-order chi connectivity index (χ1) is 5.85. The molecule has 0 radical (unpaired) electrons. The van der Waals surface area contributed by atoms with Crippen molar-refractivity contribution >= 4 is 6.08 Å². The lowest BCUT2D eigenvalue weighted by molar-refractivity contribution is 0.932. The Balaban J connectivity index is 0.000000261. The average Bonchev–Trinajstić information content (AvgIpc) is 2.19. The first-order valence-electron chi connectivity index (χ1n) is 4.22. The Labute approximate surface area is 74.9 Å². The number of hydrogen-bond acceptors (Lipinski definition) is 1. The number of hydrogen-bond donors (Lipinski definition) is 1. The zero-order chi connectivity index (χ0) is 9.23. The molecule has 1 rings (SSSR count). The lowest BCUT2D eigenvalue weighted by Crippen LogP contribution is -1.93. The molecule has 2 N–H and O–H groups in total. The summed E-state index contributed by atoms with van der Waals surface area (Å²) in [5.74, 6) is 0. The van der Waals surface area contributed by atoms with Gasteiger partial charge in [-0.25, -0.2) is 0 Å². The van der Waals surface area contributed by atoms with Gasteiger partial charge in [0, 0.05) is 0 Å². The average molecular weight is 163 g/mol. The molecule has 0 bridgehead atoms. The molecule has 1 heteroatoms. The van der Waals surface area contributed by atoms with Crippen molar-refractivity contribution in [3.63, 3.8) is 0 Å². The molecule has 0 aliphatic rings. The molecule has 0 saturated carbocycles. The Hall–Kier alpha value is -1.08. The lowest BCUT2D eigenvalue weighted by Gasteiger charge is -1.85. The van der Waals surface area contributed by atoms with Crippen LogP contribution in [0.3, 0.4) is 0 Å². The number of rotatable bonds is 2. The van der Waals surface area contributed by atoms with E-state index in [9.17, 15) is 0 Å². The third-order valence-electron chi connectivity index (χ3n) is 1.32. The quantitative estimate of drug-likeness (QED) is 0.712. The molecular weight excluding hydrogens is 146 g/mol. The third-order valence-corrected chi connectivity index (χ3v) is 1.32. The summed E-state index contributed by atoms with van der Waals surface area (Å²) in [6.07, 6.45) is 2.93. The third kappa shape index (κ3) is 5.69. The van der Waals surface area contributed by atoms with Crippen LogP contribution in [0.4, 0.5) is 0 Å². The first kappa shape index (κ1) is 10.9. The van der Waals surface area contributed by atoms with Crippen LogP contribution in [0.1, 0.15) is 18.9 Å². The normalized spacial score (nSPS) is 8.17. The van der Waals surface area contributed by atoms with E-state index in [1.54, 1.807) is 0 Å². The van der Waals surface area contributed by atoms with Gasteiger partial charge < -0.3 is 5.73 Å². The highest BCUT2D eigenvalue weighted by atomic mass is 14.5. The van der Waals surface area contributed by atoms with Crippen LogP contribution in [0, 0.1) is 0 Å². The minimum absolute atomic E-state index is 0.819. The van der Waals surface area contributed by atoms with Gasteiger partial charge in [-0.2, -0.15) is 0 Å². The molecule has 0 saturated heterocycles. The maximum atomic E-state index is 5.03. The molecule has 0 aliphatic carbocycles. The Bertz CT molecular complexity index is 189. The van der Waals surface area contributed by atoms with E-state index in [1.807, 2.05) is 36.4 Å². The highest BCUT2D eigenvalue weighted by Crippen LogP contribution is 1.97.